The summed E-state index contributed by atoms with van der Waals surface area (Å²) in [6, 6.07) is 19.4. The van der Waals surface area contributed by atoms with Crippen LogP contribution in [-0.2, 0) is 4.79 Å². The van der Waals surface area contributed by atoms with Gasteiger partial charge in [0.1, 0.15) is 0 Å². The molecule has 1 aliphatic heterocycles. The smallest absolute Gasteiger partial charge is 0.277 e. The lowest BCUT2D eigenvalue weighted by Crippen LogP contribution is -2.49. The van der Waals surface area contributed by atoms with Gasteiger partial charge in [-0.25, -0.2) is 20.2 Å². The van der Waals surface area contributed by atoms with Gasteiger partial charge in [0.25, 0.3) is 5.91 Å². The third-order valence-electron chi connectivity index (χ3n) is 5.20. The Kier molecular flexibility index (Phi) is 6.41. The number of nitrogens with zero attached hydrogens (tertiary/aromatic N) is 5. The third-order valence-corrected chi connectivity index (χ3v) is 5.20. The Morgan fingerprint density at radius 3 is 1.91 bits per heavy atom. The number of rotatable bonds is 6. The summed E-state index contributed by atoms with van der Waals surface area (Å²) in [7, 11) is 0. The fourth-order valence-electron chi connectivity index (χ4n) is 3.58. The lowest BCUT2D eigenvalue weighted by molar-refractivity contribution is 0.0705. The average Bonchev–Trinajstić information content (AvgIpc) is 2.88. The molecule has 2 heterocycles. The molecule has 32 heavy (non-hydrogen) atoms. The average molecular weight is 430 g/mol. The van der Waals surface area contributed by atoms with Crippen LogP contribution in [0.5, 0.6) is 0 Å². The van der Waals surface area contributed by atoms with Crippen LogP contribution in [0.3, 0.4) is 0 Å². The van der Waals surface area contributed by atoms with Gasteiger partial charge < -0.3 is 9.80 Å². The van der Waals surface area contributed by atoms with E-state index in [0.29, 0.717) is 37.9 Å². The molecule has 1 saturated heterocycles. The van der Waals surface area contributed by atoms with E-state index in [1.54, 1.807) is 5.48 Å². The molecule has 0 radical (unpaired) electrons. The molecule has 0 bridgehead atoms. The Hall–Kier alpha value is -4.20. The van der Waals surface area contributed by atoms with Crippen LogP contribution in [0, 0.1) is 0 Å². The molecule has 2 aromatic carbocycles. The van der Waals surface area contributed by atoms with Crippen molar-refractivity contribution in [1.82, 2.24) is 20.3 Å². The molecule has 2 N–H and O–H groups in total. The van der Waals surface area contributed by atoms with Crippen LogP contribution in [0.4, 0.5) is 17.3 Å². The van der Waals surface area contributed by atoms with Crippen molar-refractivity contribution in [3.05, 3.63) is 84.4 Å². The molecule has 1 aromatic heterocycles. The minimum Gasteiger partial charge on any atom is -0.345 e. The molecular weight excluding hydrogens is 408 g/mol. The van der Waals surface area contributed by atoms with Crippen LogP contribution in [0.15, 0.2) is 78.9 Å². The summed E-state index contributed by atoms with van der Waals surface area (Å²) in [5.41, 5.74) is 3.48. The zero-order chi connectivity index (χ0) is 22.3. The maximum atomic E-state index is 12.1. The molecule has 1 aliphatic rings. The largest absolute Gasteiger partial charge is 0.345 e. The molecule has 0 unspecified atom stereocenters. The summed E-state index contributed by atoms with van der Waals surface area (Å²) < 4.78 is 0. The summed E-state index contributed by atoms with van der Waals surface area (Å²) in [5.74, 6) is 2.42. The molecular formula is C23H22N6O3. The highest BCUT2D eigenvalue weighted by Crippen LogP contribution is 2.30. The maximum Gasteiger partial charge on any atom is 0.277 e. The highest BCUT2D eigenvalue weighted by molar-refractivity contribution is 5.92. The van der Waals surface area contributed by atoms with Gasteiger partial charge in [0.2, 0.25) is 11.8 Å². The van der Waals surface area contributed by atoms with E-state index in [-0.39, 0.29) is 5.56 Å². The normalized spacial score (nSPS) is 13.3. The van der Waals surface area contributed by atoms with Crippen molar-refractivity contribution in [1.29, 1.82) is 0 Å². The van der Waals surface area contributed by atoms with Gasteiger partial charge in [-0.3, -0.25) is 14.9 Å². The fourth-order valence-corrected chi connectivity index (χ4v) is 3.58. The molecule has 0 saturated carbocycles. The topological polar surface area (TPSA) is 102 Å². The molecule has 9 nitrogen and oxygen atoms in total. The van der Waals surface area contributed by atoms with Gasteiger partial charge in [-0.2, -0.15) is 0 Å². The van der Waals surface area contributed by atoms with E-state index in [1.807, 2.05) is 75.4 Å². The Bertz CT molecular complexity index is 1050. The SMILES string of the molecule is O=C=C(N1CCN(c2ncc(C(=O)NO)cn2)CC1)N(c1ccccc1)c1ccccc1. The summed E-state index contributed by atoms with van der Waals surface area (Å²) in [5, 5.41) is 8.71. The first kappa shape index (κ1) is 21.0. The number of benzene rings is 2. The monoisotopic (exact) mass is 430 g/mol. The van der Waals surface area contributed by atoms with Crippen molar-refractivity contribution in [2.75, 3.05) is 36.0 Å². The van der Waals surface area contributed by atoms with E-state index in [4.69, 9.17) is 5.21 Å². The molecule has 1 fully saturated rings. The predicted octanol–water partition coefficient (Wildman–Crippen LogP) is 2.23. The van der Waals surface area contributed by atoms with Crippen molar-refractivity contribution in [2.24, 2.45) is 0 Å². The second kappa shape index (κ2) is 9.74. The van der Waals surface area contributed by atoms with E-state index >= 15 is 0 Å². The Morgan fingerprint density at radius 1 is 0.906 bits per heavy atom. The Balaban J connectivity index is 1.52. The zero-order valence-electron chi connectivity index (χ0n) is 17.3. The number of amides is 1. The predicted molar refractivity (Wildman–Crippen MR) is 119 cm³/mol. The molecule has 4 rings (SSSR count). The summed E-state index contributed by atoms with van der Waals surface area (Å²) in [4.78, 5) is 37.9. The first-order chi connectivity index (χ1) is 15.7. The minimum atomic E-state index is -0.663. The van der Waals surface area contributed by atoms with Gasteiger partial charge in [0.05, 0.1) is 5.56 Å². The number of hydrogen-bond acceptors (Lipinski definition) is 8. The second-order valence-electron chi connectivity index (χ2n) is 7.12. The van der Waals surface area contributed by atoms with E-state index in [0.717, 1.165) is 11.4 Å². The van der Waals surface area contributed by atoms with E-state index < -0.39 is 5.91 Å². The lowest BCUT2D eigenvalue weighted by Gasteiger charge is -2.39. The number of para-hydroxylation sites is 2. The third kappa shape index (κ3) is 4.44. The van der Waals surface area contributed by atoms with Gasteiger partial charge in [-0.1, -0.05) is 36.4 Å². The lowest BCUT2D eigenvalue weighted by atomic mass is 10.2. The van der Waals surface area contributed by atoms with Crippen LogP contribution in [-0.4, -0.2) is 58.1 Å². The summed E-state index contributed by atoms with van der Waals surface area (Å²) in [6.45, 7) is 2.33. The van der Waals surface area contributed by atoms with Crippen molar-refractivity contribution in [3.8, 4) is 0 Å². The first-order valence-corrected chi connectivity index (χ1v) is 10.1. The molecule has 162 valence electrons. The van der Waals surface area contributed by atoms with Crippen molar-refractivity contribution in [3.63, 3.8) is 0 Å². The van der Waals surface area contributed by atoms with E-state index in [1.165, 1.54) is 12.4 Å². The Morgan fingerprint density at radius 2 is 1.44 bits per heavy atom. The van der Waals surface area contributed by atoms with Gasteiger partial charge in [-0.05, 0) is 24.3 Å². The number of carbonyl (C=O) groups is 1. The van der Waals surface area contributed by atoms with Crippen LogP contribution in [0.2, 0.25) is 0 Å². The summed E-state index contributed by atoms with van der Waals surface area (Å²) >= 11 is 0. The molecule has 9 heteroatoms. The summed E-state index contributed by atoms with van der Waals surface area (Å²) in [6.07, 6.45) is 2.73. The quantitative estimate of drug-likeness (QED) is 0.349. The van der Waals surface area contributed by atoms with E-state index in [9.17, 15) is 9.59 Å². The van der Waals surface area contributed by atoms with E-state index in [2.05, 4.69) is 15.9 Å². The number of hydrogen-bond donors (Lipinski definition) is 2. The van der Waals surface area contributed by atoms with Gasteiger partial charge in [-0.15, -0.1) is 0 Å². The second-order valence-corrected chi connectivity index (χ2v) is 7.12. The zero-order valence-corrected chi connectivity index (χ0v) is 17.3. The van der Waals surface area contributed by atoms with Crippen molar-refractivity contribution in [2.45, 2.75) is 0 Å². The van der Waals surface area contributed by atoms with Crippen molar-refractivity contribution < 1.29 is 14.8 Å². The van der Waals surface area contributed by atoms with Gasteiger partial charge in [0, 0.05) is 49.9 Å². The number of nitrogens with one attached hydrogen (secondary N) is 1. The fraction of sp³-hybridized carbons (Fsp3) is 0.174. The number of piperazine rings is 1. The number of carbonyl (C=O) groups excluding carboxylic acids is 2. The van der Waals surface area contributed by atoms with Crippen LogP contribution in [0.25, 0.3) is 0 Å². The standard InChI is InChI=1S/C23H22N6O3/c30-17-21(29(19-7-3-1-4-8-19)20-9-5-2-6-10-20)27-11-13-28(14-12-27)23-24-15-18(16-25-23)22(31)26-32/h1-10,15-16,32H,11-14H2,(H,26,31). The minimum absolute atomic E-state index is 0.169. The Labute approximate surface area is 185 Å². The maximum absolute atomic E-state index is 12.1. The first-order valence-electron chi connectivity index (χ1n) is 10.1. The number of aromatic nitrogens is 2. The number of anilines is 3. The highest BCUT2D eigenvalue weighted by atomic mass is 16.5. The van der Waals surface area contributed by atoms with Crippen LogP contribution in [0.1, 0.15) is 10.4 Å². The molecule has 3 aromatic rings. The van der Waals surface area contributed by atoms with Gasteiger partial charge >= 0.3 is 0 Å². The van der Waals surface area contributed by atoms with Crippen molar-refractivity contribution >= 4 is 29.2 Å². The molecule has 0 atom stereocenters. The van der Waals surface area contributed by atoms with Crippen LogP contribution >= 0.6 is 0 Å². The molecule has 0 aliphatic carbocycles. The highest BCUT2D eigenvalue weighted by Gasteiger charge is 2.26. The van der Waals surface area contributed by atoms with Crippen LogP contribution < -0.4 is 15.3 Å². The van der Waals surface area contributed by atoms with Gasteiger partial charge in [0.15, 0.2) is 5.94 Å². The number of hydroxylamine groups is 1. The molecule has 0 spiro atoms. The molecule has 1 amide bonds.